The van der Waals surface area contributed by atoms with Gasteiger partial charge in [-0.05, 0) is 24.7 Å². The standard InChI is InChI=1S/C12H22N4/c1-3-9-4-5-10(6-9)11(13)7-12-14-8-15-16(12)2/h8-11H,3-7,13H2,1-2H3. The van der Waals surface area contributed by atoms with E-state index in [1.165, 1.54) is 25.7 Å². The molecule has 0 aliphatic heterocycles. The van der Waals surface area contributed by atoms with Crippen molar-refractivity contribution in [2.24, 2.45) is 24.6 Å². The molecule has 1 aliphatic carbocycles. The highest BCUT2D eigenvalue weighted by Crippen LogP contribution is 2.34. The molecule has 1 aliphatic rings. The summed E-state index contributed by atoms with van der Waals surface area (Å²) in [5.74, 6) is 2.59. The number of hydrogen-bond donors (Lipinski definition) is 1. The topological polar surface area (TPSA) is 56.7 Å². The summed E-state index contributed by atoms with van der Waals surface area (Å²) in [6, 6.07) is 0.249. The van der Waals surface area contributed by atoms with E-state index in [0.29, 0.717) is 5.92 Å². The summed E-state index contributed by atoms with van der Waals surface area (Å²) in [4.78, 5) is 4.24. The monoisotopic (exact) mass is 222 g/mol. The Kier molecular flexibility index (Phi) is 3.59. The van der Waals surface area contributed by atoms with Gasteiger partial charge in [-0.3, -0.25) is 4.68 Å². The molecule has 2 N–H and O–H groups in total. The van der Waals surface area contributed by atoms with Crippen LogP contribution in [0.1, 0.15) is 38.4 Å². The van der Waals surface area contributed by atoms with Crippen molar-refractivity contribution in [2.45, 2.75) is 45.1 Å². The van der Waals surface area contributed by atoms with Gasteiger partial charge in [-0.15, -0.1) is 0 Å². The lowest BCUT2D eigenvalue weighted by Gasteiger charge is -2.18. The first-order chi connectivity index (χ1) is 7.70. The Morgan fingerprint density at radius 2 is 2.38 bits per heavy atom. The van der Waals surface area contributed by atoms with Crippen molar-refractivity contribution in [3.8, 4) is 0 Å². The van der Waals surface area contributed by atoms with E-state index in [1.54, 1.807) is 6.33 Å². The molecule has 4 heteroatoms. The molecule has 4 nitrogen and oxygen atoms in total. The zero-order chi connectivity index (χ0) is 11.5. The van der Waals surface area contributed by atoms with Crippen LogP contribution in [0.15, 0.2) is 6.33 Å². The van der Waals surface area contributed by atoms with E-state index in [4.69, 9.17) is 5.73 Å². The van der Waals surface area contributed by atoms with Gasteiger partial charge < -0.3 is 5.73 Å². The van der Waals surface area contributed by atoms with Gasteiger partial charge in [0, 0.05) is 19.5 Å². The number of nitrogens with two attached hydrogens (primary N) is 1. The smallest absolute Gasteiger partial charge is 0.138 e. The molecule has 1 aromatic heterocycles. The normalized spacial score (nSPS) is 27.2. The van der Waals surface area contributed by atoms with Gasteiger partial charge in [-0.25, -0.2) is 4.98 Å². The molecule has 1 fully saturated rings. The predicted octanol–water partition coefficient (Wildman–Crippen LogP) is 1.51. The Morgan fingerprint density at radius 3 is 2.94 bits per heavy atom. The average molecular weight is 222 g/mol. The van der Waals surface area contributed by atoms with E-state index < -0.39 is 0 Å². The molecule has 16 heavy (non-hydrogen) atoms. The molecule has 3 unspecified atom stereocenters. The van der Waals surface area contributed by atoms with Crippen molar-refractivity contribution in [1.82, 2.24) is 14.8 Å². The fourth-order valence-electron chi connectivity index (χ4n) is 2.76. The van der Waals surface area contributed by atoms with E-state index in [9.17, 15) is 0 Å². The lowest BCUT2D eigenvalue weighted by molar-refractivity contribution is 0.397. The average Bonchev–Trinajstić information content (AvgIpc) is 2.88. The second-order valence-corrected chi connectivity index (χ2v) is 5.02. The van der Waals surface area contributed by atoms with Gasteiger partial charge in [0.25, 0.3) is 0 Å². The van der Waals surface area contributed by atoms with Gasteiger partial charge in [0.1, 0.15) is 12.2 Å². The van der Waals surface area contributed by atoms with Gasteiger partial charge in [-0.2, -0.15) is 5.10 Å². The molecule has 0 amide bonds. The molecule has 0 radical (unpaired) electrons. The third-order valence-corrected chi connectivity index (χ3v) is 3.99. The molecule has 90 valence electrons. The van der Waals surface area contributed by atoms with Gasteiger partial charge in [0.2, 0.25) is 0 Å². The molecule has 1 heterocycles. The first-order valence-corrected chi connectivity index (χ1v) is 6.29. The van der Waals surface area contributed by atoms with E-state index >= 15 is 0 Å². The molecule has 0 bridgehead atoms. The van der Waals surface area contributed by atoms with Gasteiger partial charge in [-0.1, -0.05) is 19.8 Å². The van der Waals surface area contributed by atoms with Crippen LogP contribution < -0.4 is 5.73 Å². The van der Waals surface area contributed by atoms with Gasteiger partial charge in [0.05, 0.1) is 0 Å². The molecule has 0 aromatic carbocycles. The summed E-state index contributed by atoms with van der Waals surface area (Å²) in [6.07, 6.45) is 7.71. The fraction of sp³-hybridized carbons (Fsp3) is 0.833. The third kappa shape index (κ3) is 2.43. The van der Waals surface area contributed by atoms with E-state index in [1.807, 2.05) is 11.7 Å². The number of nitrogens with zero attached hydrogens (tertiary/aromatic N) is 3. The van der Waals surface area contributed by atoms with Crippen LogP contribution in [-0.2, 0) is 13.5 Å². The van der Waals surface area contributed by atoms with E-state index in [0.717, 1.165) is 18.2 Å². The summed E-state index contributed by atoms with van der Waals surface area (Å²) in [6.45, 7) is 2.28. The highest BCUT2D eigenvalue weighted by atomic mass is 15.3. The summed E-state index contributed by atoms with van der Waals surface area (Å²) < 4.78 is 1.83. The van der Waals surface area contributed by atoms with Crippen LogP contribution in [0.4, 0.5) is 0 Å². The Labute approximate surface area is 97.2 Å². The van der Waals surface area contributed by atoms with Crippen LogP contribution in [0.5, 0.6) is 0 Å². The number of aromatic nitrogens is 3. The minimum absolute atomic E-state index is 0.249. The Hall–Kier alpha value is -0.900. The highest BCUT2D eigenvalue weighted by molar-refractivity contribution is 4.92. The van der Waals surface area contributed by atoms with Gasteiger partial charge >= 0.3 is 0 Å². The number of aryl methyl sites for hydroxylation is 1. The zero-order valence-corrected chi connectivity index (χ0v) is 10.3. The van der Waals surface area contributed by atoms with Crippen LogP contribution in [0.25, 0.3) is 0 Å². The van der Waals surface area contributed by atoms with Crippen LogP contribution in [0, 0.1) is 11.8 Å². The van der Waals surface area contributed by atoms with Crippen LogP contribution >= 0.6 is 0 Å². The quantitative estimate of drug-likeness (QED) is 0.840. The van der Waals surface area contributed by atoms with Crippen molar-refractivity contribution < 1.29 is 0 Å². The maximum Gasteiger partial charge on any atom is 0.138 e. The Balaban J connectivity index is 1.89. The second kappa shape index (κ2) is 4.95. The fourth-order valence-corrected chi connectivity index (χ4v) is 2.76. The number of hydrogen-bond acceptors (Lipinski definition) is 3. The lowest BCUT2D eigenvalue weighted by atomic mass is 9.94. The second-order valence-electron chi connectivity index (χ2n) is 5.02. The van der Waals surface area contributed by atoms with E-state index in [2.05, 4.69) is 17.0 Å². The van der Waals surface area contributed by atoms with Gasteiger partial charge in [0.15, 0.2) is 0 Å². The molecule has 1 aromatic rings. The molecule has 3 atom stereocenters. The highest BCUT2D eigenvalue weighted by Gasteiger charge is 2.28. The molecular weight excluding hydrogens is 200 g/mol. The summed E-state index contributed by atoms with van der Waals surface area (Å²) in [5.41, 5.74) is 6.27. The zero-order valence-electron chi connectivity index (χ0n) is 10.3. The summed E-state index contributed by atoms with van der Waals surface area (Å²) >= 11 is 0. The van der Waals surface area contributed by atoms with Crippen molar-refractivity contribution in [2.75, 3.05) is 0 Å². The number of rotatable bonds is 4. The minimum atomic E-state index is 0.249. The van der Waals surface area contributed by atoms with Crippen molar-refractivity contribution in [3.05, 3.63) is 12.2 Å². The lowest BCUT2D eigenvalue weighted by Crippen LogP contribution is -2.32. The minimum Gasteiger partial charge on any atom is -0.327 e. The molecule has 2 rings (SSSR count). The van der Waals surface area contributed by atoms with Crippen LogP contribution in [0.3, 0.4) is 0 Å². The van der Waals surface area contributed by atoms with Crippen molar-refractivity contribution >= 4 is 0 Å². The molecule has 0 saturated heterocycles. The Morgan fingerprint density at radius 1 is 1.56 bits per heavy atom. The van der Waals surface area contributed by atoms with E-state index in [-0.39, 0.29) is 6.04 Å². The van der Waals surface area contributed by atoms with Crippen LogP contribution in [0.2, 0.25) is 0 Å². The maximum atomic E-state index is 6.27. The van der Waals surface area contributed by atoms with Crippen molar-refractivity contribution in [1.29, 1.82) is 0 Å². The Bertz CT molecular complexity index is 334. The SMILES string of the molecule is CCC1CCC(C(N)Cc2ncnn2C)C1. The first kappa shape index (κ1) is 11.6. The largest absolute Gasteiger partial charge is 0.327 e. The maximum absolute atomic E-state index is 6.27. The summed E-state index contributed by atoms with van der Waals surface area (Å²) in [5, 5.41) is 4.08. The third-order valence-electron chi connectivity index (χ3n) is 3.99. The summed E-state index contributed by atoms with van der Waals surface area (Å²) in [7, 11) is 1.93. The first-order valence-electron chi connectivity index (χ1n) is 6.29. The molecule has 1 saturated carbocycles. The van der Waals surface area contributed by atoms with Crippen LogP contribution in [-0.4, -0.2) is 20.8 Å². The molecular formula is C12H22N4. The predicted molar refractivity (Wildman–Crippen MR) is 63.8 cm³/mol. The molecule has 0 spiro atoms. The van der Waals surface area contributed by atoms with Crippen molar-refractivity contribution in [3.63, 3.8) is 0 Å².